The van der Waals surface area contributed by atoms with E-state index >= 15 is 0 Å². The molecule has 0 radical (unpaired) electrons. The molecule has 0 aliphatic rings. The van der Waals surface area contributed by atoms with Crippen LogP contribution in [0.3, 0.4) is 0 Å². The van der Waals surface area contributed by atoms with Crippen LogP contribution < -0.4 is 10.2 Å². The molecule has 0 bridgehead atoms. The Hall–Kier alpha value is -2.82. The third kappa shape index (κ3) is 5.66. The first-order valence-corrected chi connectivity index (χ1v) is 10.9. The fourth-order valence-corrected chi connectivity index (χ4v) is 4.19. The van der Waals surface area contributed by atoms with Gasteiger partial charge in [0.25, 0.3) is 11.8 Å². The predicted octanol–water partition coefficient (Wildman–Crippen LogP) is 5.49. The topological polar surface area (TPSA) is 58.6 Å². The lowest BCUT2D eigenvalue weighted by molar-refractivity contribution is 0.0284. The SMILES string of the molecule is CCc1c(OC)cccc1C(=O)NN(C(=O)c1cc(C)cc(C)c1)C(CC)C(C)(C)C. The minimum Gasteiger partial charge on any atom is -0.496 e. The van der Waals surface area contributed by atoms with E-state index < -0.39 is 0 Å². The van der Waals surface area contributed by atoms with Crippen LogP contribution in [-0.4, -0.2) is 30.0 Å². The first kappa shape index (κ1) is 24.4. The Morgan fingerprint density at radius 3 is 2.16 bits per heavy atom. The lowest BCUT2D eigenvalue weighted by atomic mass is 9.84. The lowest BCUT2D eigenvalue weighted by Gasteiger charge is -2.39. The summed E-state index contributed by atoms with van der Waals surface area (Å²) in [5, 5.41) is 1.52. The van der Waals surface area contributed by atoms with Gasteiger partial charge in [-0.05, 0) is 56.4 Å². The minimum absolute atomic E-state index is 0.180. The van der Waals surface area contributed by atoms with Crippen LogP contribution in [0.15, 0.2) is 36.4 Å². The molecule has 1 atom stereocenters. The van der Waals surface area contributed by atoms with Crippen LogP contribution in [0, 0.1) is 19.3 Å². The summed E-state index contributed by atoms with van der Waals surface area (Å²) >= 11 is 0. The predicted molar refractivity (Wildman–Crippen MR) is 125 cm³/mol. The number of amides is 2. The van der Waals surface area contributed by atoms with Crippen LogP contribution in [-0.2, 0) is 6.42 Å². The Labute approximate surface area is 186 Å². The fraction of sp³-hybridized carbons (Fsp3) is 0.462. The zero-order valence-electron chi connectivity index (χ0n) is 20.1. The lowest BCUT2D eigenvalue weighted by Crippen LogP contribution is -2.56. The summed E-state index contributed by atoms with van der Waals surface area (Å²) in [5.74, 6) is 0.157. The van der Waals surface area contributed by atoms with Crippen LogP contribution in [0.1, 0.15) is 78.4 Å². The number of rotatable bonds is 6. The van der Waals surface area contributed by atoms with Crippen LogP contribution in [0.25, 0.3) is 0 Å². The number of carbonyl (C=O) groups is 2. The van der Waals surface area contributed by atoms with E-state index in [0.29, 0.717) is 29.7 Å². The number of aryl methyl sites for hydroxylation is 2. The second-order valence-electron chi connectivity index (χ2n) is 9.12. The van der Waals surface area contributed by atoms with Gasteiger partial charge in [-0.1, -0.05) is 57.9 Å². The van der Waals surface area contributed by atoms with Gasteiger partial charge in [-0.15, -0.1) is 0 Å². The first-order valence-electron chi connectivity index (χ1n) is 10.9. The zero-order chi connectivity index (χ0) is 23.3. The summed E-state index contributed by atoms with van der Waals surface area (Å²) in [4.78, 5) is 27.0. The van der Waals surface area contributed by atoms with E-state index in [4.69, 9.17) is 4.74 Å². The van der Waals surface area contributed by atoms with Crippen molar-refractivity contribution in [2.24, 2.45) is 5.41 Å². The zero-order valence-corrected chi connectivity index (χ0v) is 20.1. The van der Waals surface area contributed by atoms with Crippen molar-refractivity contribution in [1.82, 2.24) is 10.4 Å². The molecule has 2 rings (SSSR count). The van der Waals surface area contributed by atoms with Gasteiger partial charge in [0.1, 0.15) is 5.75 Å². The molecule has 2 amide bonds. The molecule has 0 saturated carbocycles. The highest BCUT2D eigenvalue weighted by atomic mass is 16.5. The van der Waals surface area contributed by atoms with Gasteiger partial charge in [0.15, 0.2) is 0 Å². The van der Waals surface area contributed by atoms with Crippen LogP contribution in [0.4, 0.5) is 0 Å². The molecule has 5 nitrogen and oxygen atoms in total. The summed E-state index contributed by atoms with van der Waals surface area (Å²) in [6, 6.07) is 11.0. The highest BCUT2D eigenvalue weighted by Crippen LogP contribution is 2.28. The van der Waals surface area contributed by atoms with E-state index in [9.17, 15) is 9.59 Å². The normalized spacial score (nSPS) is 12.3. The average molecular weight is 425 g/mol. The maximum atomic E-state index is 13.6. The van der Waals surface area contributed by atoms with Gasteiger partial charge < -0.3 is 4.74 Å². The summed E-state index contributed by atoms with van der Waals surface area (Å²) in [6.07, 6.45) is 1.35. The highest BCUT2D eigenvalue weighted by Gasteiger charge is 2.34. The number of nitrogens with one attached hydrogen (secondary N) is 1. The Morgan fingerprint density at radius 2 is 1.68 bits per heavy atom. The maximum Gasteiger partial charge on any atom is 0.272 e. The molecule has 0 aliphatic carbocycles. The molecule has 168 valence electrons. The number of hydrogen-bond donors (Lipinski definition) is 1. The fourth-order valence-electron chi connectivity index (χ4n) is 4.19. The van der Waals surface area contributed by atoms with E-state index in [0.717, 1.165) is 16.7 Å². The number of nitrogens with zero attached hydrogens (tertiary/aromatic N) is 1. The largest absolute Gasteiger partial charge is 0.496 e. The molecule has 31 heavy (non-hydrogen) atoms. The molecule has 1 N–H and O–H groups in total. The summed E-state index contributed by atoms with van der Waals surface area (Å²) in [6.45, 7) is 14.2. The number of carbonyl (C=O) groups excluding carboxylic acids is 2. The van der Waals surface area contributed by atoms with Crippen LogP contribution >= 0.6 is 0 Å². The van der Waals surface area contributed by atoms with Gasteiger partial charge in [0.05, 0.1) is 13.2 Å². The molecular weight excluding hydrogens is 388 g/mol. The Kier molecular flexibility index (Phi) is 7.88. The molecule has 2 aromatic rings. The van der Waals surface area contributed by atoms with Crippen molar-refractivity contribution in [2.45, 2.75) is 67.3 Å². The molecule has 1 unspecified atom stereocenters. The third-order valence-electron chi connectivity index (χ3n) is 5.56. The Bertz CT molecular complexity index is 924. The van der Waals surface area contributed by atoms with Crippen molar-refractivity contribution < 1.29 is 14.3 Å². The quantitative estimate of drug-likeness (QED) is 0.624. The number of hydrazine groups is 1. The van der Waals surface area contributed by atoms with E-state index in [1.165, 1.54) is 5.01 Å². The van der Waals surface area contributed by atoms with Crippen molar-refractivity contribution in [3.05, 3.63) is 64.2 Å². The molecule has 0 saturated heterocycles. The molecule has 2 aromatic carbocycles. The van der Waals surface area contributed by atoms with Gasteiger partial charge in [0.2, 0.25) is 0 Å². The van der Waals surface area contributed by atoms with Crippen molar-refractivity contribution >= 4 is 11.8 Å². The molecule has 0 spiro atoms. The minimum atomic E-state index is -0.309. The second kappa shape index (κ2) is 9.99. The van der Waals surface area contributed by atoms with Gasteiger partial charge in [0, 0.05) is 16.7 Å². The number of ether oxygens (including phenoxy) is 1. The van der Waals surface area contributed by atoms with Gasteiger partial charge in [-0.3, -0.25) is 15.0 Å². The number of hydrogen-bond acceptors (Lipinski definition) is 3. The standard InChI is InChI=1S/C26H36N2O3/c1-9-20-21(12-11-13-22(20)31-8)24(29)27-28(23(10-2)26(5,6)7)25(30)19-15-17(3)14-18(4)16-19/h11-16,23H,9-10H2,1-8H3,(H,27,29). The molecular formula is C26H36N2O3. The second-order valence-corrected chi connectivity index (χ2v) is 9.12. The Morgan fingerprint density at radius 1 is 1.06 bits per heavy atom. The van der Waals surface area contributed by atoms with Crippen LogP contribution in [0.2, 0.25) is 0 Å². The molecule has 0 heterocycles. The summed E-state index contributed by atoms with van der Waals surface area (Å²) in [7, 11) is 1.60. The number of methoxy groups -OCH3 is 1. The monoisotopic (exact) mass is 424 g/mol. The number of benzene rings is 2. The smallest absolute Gasteiger partial charge is 0.272 e. The van der Waals surface area contributed by atoms with E-state index in [2.05, 4.69) is 26.2 Å². The van der Waals surface area contributed by atoms with E-state index in [1.807, 2.05) is 52.0 Å². The third-order valence-corrected chi connectivity index (χ3v) is 5.56. The molecule has 5 heteroatoms. The highest BCUT2D eigenvalue weighted by molar-refractivity contribution is 6.00. The van der Waals surface area contributed by atoms with Crippen molar-refractivity contribution in [1.29, 1.82) is 0 Å². The maximum absolute atomic E-state index is 13.6. The summed E-state index contributed by atoms with van der Waals surface area (Å²) < 4.78 is 5.44. The first-order chi connectivity index (χ1) is 14.5. The Balaban J connectivity index is 2.51. The molecule has 0 aromatic heterocycles. The molecule has 0 fully saturated rings. The van der Waals surface area contributed by atoms with Gasteiger partial charge in [-0.2, -0.15) is 0 Å². The van der Waals surface area contributed by atoms with Gasteiger partial charge in [-0.25, -0.2) is 5.01 Å². The van der Waals surface area contributed by atoms with Gasteiger partial charge >= 0.3 is 0 Å². The van der Waals surface area contributed by atoms with E-state index in [-0.39, 0.29) is 23.3 Å². The van der Waals surface area contributed by atoms with E-state index in [1.54, 1.807) is 19.2 Å². The van der Waals surface area contributed by atoms with Crippen LogP contribution in [0.5, 0.6) is 5.75 Å². The molecule has 0 aliphatic heterocycles. The van der Waals surface area contributed by atoms with Crippen molar-refractivity contribution in [3.63, 3.8) is 0 Å². The van der Waals surface area contributed by atoms with Crippen molar-refractivity contribution in [2.75, 3.05) is 7.11 Å². The van der Waals surface area contributed by atoms with Crippen molar-refractivity contribution in [3.8, 4) is 5.75 Å². The summed E-state index contributed by atoms with van der Waals surface area (Å²) in [5.41, 5.74) is 6.66. The average Bonchev–Trinajstić information content (AvgIpc) is 2.70.